The molecule has 146 valence electrons. The maximum absolute atomic E-state index is 13.7. The van der Waals surface area contributed by atoms with Crippen molar-refractivity contribution < 1.29 is 23.6 Å². The molecule has 1 amide bonds. The van der Waals surface area contributed by atoms with Gasteiger partial charge in [-0.25, -0.2) is 4.39 Å². The van der Waals surface area contributed by atoms with E-state index in [9.17, 15) is 9.18 Å². The second-order valence-corrected chi connectivity index (χ2v) is 6.83. The summed E-state index contributed by atoms with van der Waals surface area (Å²) in [6, 6.07) is 8.25. The number of amides is 1. The third-order valence-electron chi connectivity index (χ3n) is 4.88. The molecule has 0 aliphatic heterocycles. The molecule has 0 aliphatic carbocycles. The largest absolute Gasteiger partial charge is 0.493 e. The van der Waals surface area contributed by atoms with E-state index in [0.29, 0.717) is 29.3 Å². The predicted octanol–water partition coefficient (Wildman–Crippen LogP) is 2.50. The summed E-state index contributed by atoms with van der Waals surface area (Å²) in [5, 5.41) is 2.79. The fourth-order valence-electron chi connectivity index (χ4n) is 2.81. The maximum Gasteiger partial charge on any atom is 0.282 e. The highest BCUT2D eigenvalue weighted by atomic mass is 19.1. The van der Waals surface area contributed by atoms with Gasteiger partial charge in [0.25, 0.3) is 5.91 Å². The molecule has 2 N–H and O–H groups in total. The van der Waals surface area contributed by atoms with Crippen LogP contribution >= 0.6 is 0 Å². The summed E-state index contributed by atoms with van der Waals surface area (Å²) >= 11 is 0. The minimum atomic E-state index is -0.331. The quantitative estimate of drug-likeness (QED) is 0.782. The zero-order valence-electron chi connectivity index (χ0n) is 16.8. The lowest BCUT2D eigenvalue weighted by atomic mass is 10.1. The summed E-state index contributed by atoms with van der Waals surface area (Å²) in [5.74, 6) is 0.859. The average molecular weight is 375 g/mol. The van der Waals surface area contributed by atoms with Gasteiger partial charge in [-0.05, 0) is 56.2 Å². The first-order valence-electron chi connectivity index (χ1n) is 8.87. The predicted molar refractivity (Wildman–Crippen MR) is 104 cm³/mol. The molecule has 6 heteroatoms. The summed E-state index contributed by atoms with van der Waals surface area (Å²) in [4.78, 5) is 13.6. The van der Waals surface area contributed by atoms with Crippen LogP contribution in [-0.4, -0.2) is 33.2 Å². The number of methoxy groups -OCH3 is 2. The van der Waals surface area contributed by atoms with E-state index in [1.807, 2.05) is 33.0 Å². The molecular weight excluding hydrogens is 347 g/mol. The van der Waals surface area contributed by atoms with Crippen LogP contribution in [0.1, 0.15) is 23.6 Å². The Balaban J connectivity index is 2.09. The van der Waals surface area contributed by atoms with Crippen LogP contribution in [0, 0.1) is 19.7 Å². The Bertz CT molecular complexity index is 823. The van der Waals surface area contributed by atoms with E-state index in [1.54, 1.807) is 33.3 Å². The van der Waals surface area contributed by atoms with Crippen LogP contribution in [0.25, 0.3) is 0 Å². The first-order chi connectivity index (χ1) is 12.8. The molecule has 0 radical (unpaired) electrons. The molecule has 5 nitrogen and oxygen atoms in total. The minimum absolute atomic E-state index is 0.158. The highest BCUT2D eigenvalue weighted by Crippen LogP contribution is 2.29. The number of hydrogen-bond donors (Lipinski definition) is 2. The topological polar surface area (TPSA) is 52.0 Å². The Kier molecular flexibility index (Phi) is 6.80. The number of carbonyl (C=O) groups excluding carboxylic acids is 1. The summed E-state index contributed by atoms with van der Waals surface area (Å²) in [5.41, 5.74) is 3.16. The zero-order chi connectivity index (χ0) is 20.1. The molecular formula is C21H28FN2O3+. The third-order valence-corrected chi connectivity index (χ3v) is 4.88. The van der Waals surface area contributed by atoms with Gasteiger partial charge >= 0.3 is 0 Å². The molecule has 0 bridgehead atoms. The number of aryl methyl sites for hydroxylation is 2. The van der Waals surface area contributed by atoms with Gasteiger partial charge in [0.2, 0.25) is 0 Å². The molecule has 0 saturated carbocycles. The van der Waals surface area contributed by atoms with Crippen LogP contribution in [0.4, 0.5) is 10.1 Å². The van der Waals surface area contributed by atoms with Crippen LogP contribution in [0.2, 0.25) is 0 Å². The van der Waals surface area contributed by atoms with Crippen LogP contribution in [-0.2, 0) is 11.3 Å². The molecule has 0 heterocycles. The van der Waals surface area contributed by atoms with Crippen molar-refractivity contribution in [2.75, 3.05) is 26.6 Å². The van der Waals surface area contributed by atoms with Crippen LogP contribution in [0.3, 0.4) is 0 Å². The molecule has 2 rings (SSSR count). The highest BCUT2D eigenvalue weighted by Gasteiger charge is 2.23. The zero-order valence-corrected chi connectivity index (χ0v) is 16.8. The Morgan fingerprint density at radius 2 is 1.74 bits per heavy atom. The first-order valence-corrected chi connectivity index (χ1v) is 8.87. The third kappa shape index (κ3) is 4.98. The van der Waals surface area contributed by atoms with E-state index in [1.165, 1.54) is 6.07 Å². The lowest BCUT2D eigenvalue weighted by molar-refractivity contribution is -0.907. The molecule has 2 aromatic carbocycles. The molecule has 0 aromatic heterocycles. The van der Waals surface area contributed by atoms with E-state index in [0.717, 1.165) is 16.0 Å². The normalized spacial score (nSPS) is 13.0. The van der Waals surface area contributed by atoms with Crippen LogP contribution < -0.4 is 19.7 Å². The van der Waals surface area contributed by atoms with Gasteiger partial charge in [0.1, 0.15) is 12.4 Å². The van der Waals surface area contributed by atoms with Gasteiger partial charge in [-0.15, -0.1) is 0 Å². The van der Waals surface area contributed by atoms with Crippen LogP contribution in [0.5, 0.6) is 11.5 Å². The molecule has 2 atom stereocenters. The number of anilines is 1. The number of carbonyl (C=O) groups is 1. The van der Waals surface area contributed by atoms with Crippen molar-refractivity contribution in [2.45, 2.75) is 33.4 Å². The Morgan fingerprint density at radius 3 is 2.33 bits per heavy atom. The smallest absolute Gasteiger partial charge is 0.282 e. The van der Waals surface area contributed by atoms with Crippen molar-refractivity contribution in [1.82, 2.24) is 0 Å². The van der Waals surface area contributed by atoms with Crippen molar-refractivity contribution in [3.8, 4) is 11.5 Å². The number of hydrogen-bond acceptors (Lipinski definition) is 3. The number of quaternary nitrogens is 1. The van der Waals surface area contributed by atoms with Gasteiger partial charge in [-0.2, -0.15) is 0 Å². The molecule has 2 aromatic rings. The number of nitrogens with one attached hydrogen (secondary N) is 2. The summed E-state index contributed by atoms with van der Waals surface area (Å²) in [6.45, 7) is 6.19. The van der Waals surface area contributed by atoms with E-state index < -0.39 is 0 Å². The second-order valence-electron chi connectivity index (χ2n) is 6.83. The van der Waals surface area contributed by atoms with E-state index in [4.69, 9.17) is 9.47 Å². The Labute approximate surface area is 160 Å². The summed E-state index contributed by atoms with van der Waals surface area (Å²) in [7, 11) is 5.16. The van der Waals surface area contributed by atoms with Crippen molar-refractivity contribution in [3.63, 3.8) is 0 Å². The monoisotopic (exact) mass is 375 g/mol. The Morgan fingerprint density at radius 1 is 1.11 bits per heavy atom. The number of likely N-dealkylation sites (N-methyl/N-ethyl adjacent to an activating group) is 1. The minimum Gasteiger partial charge on any atom is -0.493 e. The molecule has 1 unspecified atom stereocenters. The first kappa shape index (κ1) is 20.7. The number of benzene rings is 2. The van der Waals surface area contributed by atoms with Crippen molar-refractivity contribution >= 4 is 11.6 Å². The van der Waals surface area contributed by atoms with Gasteiger partial charge in [-0.1, -0.05) is 6.07 Å². The summed E-state index contributed by atoms with van der Waals surface area (Å²) < 4.78 is 24.4. The maximum atomic E-state index is 13.7. The van der Waals surface area contributed by atoms with E-state index >= 15 is 0 Å². The fourth-order valence-corrected chi connectivity index (χ4v) is 2.81. The number of halogens is 1. The van der Waals surface area contributed by atoms with Gasteiger partial charge in [0.15, 0.2) is 17.5 Å². The standard InChI is InChI=1S/C21H27FN2O3/c1-13-7-8-17(11-18(13)22)23-21(25)15(3)24(4)12-16-10-20(27-6)19(26-5)9-14(16)2/h7-11,15H,12H2,1-6H3,(H,23,25)/p+1/t15-/m0/s1. The van der Waals surface area contributed by atoms with Crippen molar-refractivity contribution in [1.29, 1.82) is 0 Å². The van der Waals surface area contributed by atoms with Gasteiger partial charge in [0.05, 0.1) is 21.3 Å². The van der Waals surface area contributed by atoms with Gasteiger partial charge in [-0.3, -0.25) is 4.79 Å². The van der Waals surface area contributed by atoms with Crippen molar-refractivity contribution in [2.24, 2.45) is 0 Å². The van der Waals surface area contributed by atoms with Gasteiger partial charge in [0, 0.05) is 11.3 Å². The number of ether oxygens (including phenoxy) is 2. The molecule has 0 fully saturated rings. The lowest BCUT2D eigenvalue weighted by Crippen LogP contribution is -3.12. The molecule has 0 saturated heterocycles. The number of rotatable bonds is 7. The van der Waals surface area contributed by atoms with Crippen molar-refractivity contribution in [3.05, 3.63) is 52.8 Å². The van der Waals surface area contributed by atoms with E-state index in [-0.39, 0.29) is 17.8 Å². The molecule has 27 heavy (non-hydrogen) atoms. The fraction of sp³-hybridized carbons (Fsp3) is 0.381. The molecule has 0 spiro atoms. The van der Waals surface area contributed by atoms with E-state index in [2.05, 4.69) is 5.32 Å². The molecule has 0 aliphatic rings. The highest BCUT2D eigenvalue weighted by molar-refractivity contribution is 5.93. The lowest BCUT2D eigenvalue weighted by Gasteiger charge is -2.22. The van der Waals surface area contributed by atoms with Crippen LogP contribution in [0.15, 0.2) is 30.3 Å². The second kappa shape index (κ2) is 8.86. The summed E-state index contributed by atoms with van der Waals surface area (Å²) in [6.07, 6.45) is 0. The Hall–Kier alpha value is -2.60. The SMILES string of the molecule is COc1cc(C)c(C[NH+](C)[C@@H](C)C(=O)Nc2ccc(C)c(F)c2)cc1OC. The average Bonchev–Trinajstić information content (AvgIpc) is 2.65. The van der Waals surface area contributed by atoms with Gasteiger partial charge < -0.3 is 19.7 Å².